The maximum atomic E-state index is 13.2. The molecule has 0 aliphatic carbocycles. The van der Waals surface area contributed by atoms with E-state index in [0.717, 1.165) is 0 Å². The van der Waals surface area contributed by atoms with Crippen molar-refractivity contribution in [3.8, 4) is 0 Å². The fourth-order valence-electron chi connectivity index (χ4n) is 1.15. The van der Waals surface area contributed by atoms with Gasteiger partial charge < -0.3 is 5.73 Å². The van der Waals surface area contributed by atoms with Crippen LogP contribution in [0.4, 0.5) is 17.6 Å². The van der Waals surface area contributed by atoms with E-state index in [1.807, 2.05) is 0 Å². The zero-order valence-electron chi connectivity index (χ0n) is 7.59. The summed E-state index contributed by atoms with van der Waals surface area (Å²) in [5.74, 6) is -5.56. The molecule has 0 aromatic heterocycles. The molecule has 0 heterocycles. The molecule has 1 nitrogen and oxygen atoms in total. The summed E-state index contributed by atoms with van der Waals surface area (Å²) in [7, 11) is 0. The van der Waals surface area contributed by atoms with Crippen LogP contribution < -0.4 is 5.73 Å². The minimum absolute atomic E-state index is 0.130. The second kappa shape index (κ2) is 4.94. The van der Waals surface area contributed by atoms with Crippen molar-refractivity contribution >= 4 is 15.9 Å². The molecule has 1 aromatic rings. The van der Waals surface area contributed by atoms with Crippen molar-refractivity contribution in [3.63, 3.8) is 0 Å². The lowest BCUT2D eigenvalue weighted by Crippen LogP contribution is -2.07. The molecule has 6 heteroatoms. The summed E-state index contributed by atoms with van der Waals surface area (Å²) in [6.45, 7) is 0.193. The van der Waals surface area contributed by atoms with Crippen LogP contribution in [0, 0.1) is 23.3 Å². The van der Waals surface area contributed by atoms with Crippen LogP contribution >= 0.6 is 15.9 Å². The maximum Gasteiger partial charge on any atom is 0.176 e. The molecule has 15 heavy (non-hydrogen) atoms. The Labute approximate surface area is 92.4 Å². The van der Waals surface area contributed by atoms with E-state index in [0.29, 0.717) is 0 Å². The number of rotatable bonds is 3. The summed E-state index contributed by atoms with van der Waals surface area (Å²) in [5, 5.41) is 0. The second-order valence-electron chi connectivity index (χ2n) is 2.94. The molecule has 0 spiro atoms. The van der Waals surface area contributed by atoms with Gasteiger partial charge in [0, 0.05) is 5.56 Å². The molecular weight excluding hydrogens is 278 g/mol. The molecule has 0 atom stereocenters. The Bertz CT molecular complexity index is 352. The first-order valence-corrected chi connectivity index (χ1v) is 5.00. The topological polar surface area (TPSA) is 26.0 Å². The SMILES string of the molecule is NCCCc1c(F)c(F)c(Br)c(F)c1F. The van der Waals surface area contributed by atoms with Gasteiger partial charge in [-0.15, -0.1) is 0 Å². The smallest absolute Gasteiger partial charge is 0.176 e. The van der Waals surface area contributed by atoms with E-state index < -0.39 is 33.3 Å². The van der Waals surface area contributed by atoms with Crippen LogP contribution in [0.5, 0.6) is 0 Å². The molecule has 2 N–H and O–H groups in total. The van der Waals surface area contributed by atoms with Crippen molar-refractivity contribution in [1.82, 2.24) is 0 Å². The first kappa shape index (κ1) is 12.4. The van der Waals surface area contributed by atoms with Gasteiger partial charge in [0.25, 0.3) is 0 Å². The summed E-state index contributed by atoms with van der Waals surface area (Å²) < 4.78 is 51.5. The molecule has 0 bridgehead atoms. The van der Waals surface area contributed by atoms with Gasteiger partial charge in [-0.25, -0.2) is 17.6 Å². The van der Waals surface area contributed by atoms with Crippen molar-refractivity contribution in [2.24, 2.45) is 5.73 Å². The highest BCUT2D eigenvalue weighted by molar-refractivity contribution is 9.10. The molecule has 1 aromatic carbocycles. The van der Waals surface area contributed by atoms with Gasteiger partial charge in [0.2, 0.25) is 0 Å². The summed E-state index contributed by atoms with van der Waals surface area (Å²) in [5.41, 5.74) is 4.54. The maximum absolute atomic E-state index is 13.2. The molecule has 0 amide bonds. The predicted molar refractivity (Wildman–Crippen MR) is 51.3 cm³/mol. The molecule has 0 saturated carbocycles. The van der Waals surface area contributed by atoms with E-state index in [1.54, 1.807) is 0 Å². The lowest BCUT2D eigenvalue weighted by atomic mass is 10.1. The quantitative estimate of drug-likeness (QED) is 0.516. The molecule has 84 valence electrons. The highest BCUT2D eigenvalue weighted by atomic mass is 79.9. The lowest BCUT2D eigenvalue weighted by Gasteiger charge is -2.07. The van der Waals surface area contributed by atoms with Gasteiger partial charge in [-0.3, -0.25) is 0 Å². The Hall–Kier alpha value is -0.620. The fourth-order valence-corrected chi connectivity index (χ4v) is 1.50. The normalized spacial score (nSPS) is 10.8. The molecule has 0 unspecified atom stereocenters. The number of halogens is 5. The second-order valence-corrected chi connectivity index (χ2v) is 3.73. The number of nitrogens with two attached hydrogens (primary N) is 1. The van der Waals surface area contributed by atoms with Gasteiger partial charge in [-0.05, 0) is 35.3 Å². The number of hydrogen-bond donors (Lipinski definition) is 1. The Kier molecular flexibility index (Phi) is 4.10. The van der Waals surface area contributed by atoms with Crippen LogP contribution in [0.3, 0.4) is 0 Å². The van der Waals surface area contributed by atoms with Crippen LogP contribution in [0.25, 0.3) is 0 Å². The molecular formula is C9H8BrF4N. The van der Waals surface area contributed by atoms with E-state index >= 15 is 0 Å². The van der Waals surface area contributed by atoms with Crippen LogP contribution in [0.15, 0.2) is 4.47 Å². The molecule has 1 rings (SSSR count). The average molecular weight is 286 g/mol. The molecule has 0 aliphatic heterocycles. The van der Waals surface area contributed by atoms with Crippen molar-refractivity contribution in [2.75, 3.05) is 6.54 Å². The van der Waals surface area contributed by atoms with Crippen molar-refractivity contribution in [2.45, 2.75) is 12.8 Å². The monoisotopic (exact) mass is 285 g/mol. The van der Waals surface area contributed by atoms with E-state index in [9.17, 15) is 17.6 Å². The van der Waals surface area contributed by atoms with E-state index in [4.69, 9.17) is 5.73 Å². The predicted octanol–water partition coefficient (Wildman–Crippen LogP) is 2.90. The highest BCUT2D eigenvalue weighted by Crippen LogP contribution is 2.28. The molecule has 0 fully saturated rings. The minimum Gasteiger partial charge on any atom is -0.330 e. The van der Waals surface area contributed by atoms with Crippen LogP contribution in [0.1, 0.15) is 12.0 Å². The van der Waals surface area contributed by atoms with Crippen molar-refractivity contribution < 1.29 is 17.6 Å². The molecule has 0 aliphatic rings. The van der Waals surface area contributed by atoms with Gasteiger partial charge in [0.15, 0.2) is 23.3 Å². The van der Waals surface area contributed by atoms with Crippen molar-refractivity contribution in [3.05, 3.63) is 33.3 Å². The number of hydrogen-bond acceptors (Lipinski definition) is 1. The van der Waals surface area contributed by atoms with Crippen molar-refractivity contribution in [1.29, 1.82) is 0 Å². The minimum atomic E-state index is -1.42. The average Bonchev–Trinajstić information content (AvgIpc) is 2.24. The van der Waals surface area contributed by atoms with Gasteiger partial charge in [-0.1, -0.05) is 0 Å². The number of benzene rings is 1. The Morgan fingerprint density at radius 3 is 1.80 bits per heavy atom. The highest BCUT2D eigenvalue weighted by Gasteiger charge is 2.23. The van der Waals surface area contributed by atoms with Crippen LogP contribution in [-0.4, -0.2) is 6.54 Å². The first-order valence-electron chi connectivity index (χ1n) is 4.21. The lowest BCUT2D eigenvalue weighted by molar-refractivity contribution is 0.430. The van der Waals surface area contributed by atoms with Gasteiger partial charge in [0.1, 0.15) is 0 Å². The molecule has 0 radical (unpaired) electrons. The summed E-state index contributed by atoms with van der Waals surface area (Å²) in [6.07, 6.45) is 0.129. The summed E-state index contributed by atoms with van der Waals surface area (Å²) >= 11 is 2.43. The Morgan fingerprint density at radius 2 is 1.40 bits per heavy atom. The zero-order valence-corrected chi connectivity index (χ0v) is 9.17. The summed E-state index contributed by atoms with van der Waals surface area (Å²) in [4.78, 5) is 0. The largest absolute Gasteiger partial charge is 0.330 e. The fraction of sp³-hybridized carbons (Fsp3) is 0.333. The van der Waals surface area contributed by atoms with Gasteiger partial charge in [0.05, 0.1) is 4.47 Å². The summed E-state index contributed by atoms with van der Waals surface area (Å²) in [6, 6.07) is 0. The van der Waals surface area contributed by atoms with Gasteiger partial charge in [-0.2, -0.15) is 0 Å². The third-order valence-electron chi connectivity index (χ3n) is 1.93. The van der Waals surface area contributed by atoms with E-state index in [1.165, 1.54) is 0 Å². The zero-order chi connectivity index (χ0) is 11.6. The van der Waals surface area contributed by atoms with E-state index in [-0.39, 0.29) is 19.4 Å². The Balaban J connectivity index is 3.26. The third kappa shape index (κ3) is 2.31. The standard InChI is InChI=1S/C9H8BrF4N/c10-5-8(13)6(11)4(2-1-3-15)7(12)9(5)14/h1-3,15H2. The van der Waals surface area contributed by atoms with Gasteiger partial charge >= 0.3 is 0 Å². The van der Waals surface area contributed by atoms with E-state index in [2.05, 4.69) is 15.9 Å². The third-order valence-corrected chi connectivity index (χ3v) is 2.63. The van der Waals surface area contributed by atoms with Crippen LogP contribution in [0.2, 0.25) is 0 Å². The Morgan fingerprint density at radius 1 is 0.933 bits per heavy atom. The molecule has 0 saturated heterocycles. The van der Waals surface area contributed by atoms with Crippen LogP contribution in [-0.2, 0) is 6.42 Å². The first-order chi connectivity index (χ1) is 7.00.